The van der Waals surface area contributed by atoms with Gasteiger partial charge < -0.3 is 19.5 Å². The molecule has 0 bridgehead atoms. The highest BCUT2D eigenvalue weighted by molar-refractivity contribution is 7.89. The molecule has 8 heteroatoms. The van der Waals surface area contributed by atoms with Crippen LogP contribution in [0.25, 0.3) is 0 Å². The Morgan fingerprint density at radius 3 is 2.70 bits per heavy atom. The summed E-state index contributed by atoms with van der Waals surface area (Å²) in [6.07, 6.45) is 4.97. The van der Waals surface area contributed by atoms with E-state index in [1.807, 2.05) is 6.92 Å². The minimum Gasteiger partial charge on any atom is -0.487 e. The molecule has 0 aromatic heterocycles. The van der Waals surface area contributed by atoms with E-state index in [1.54, 1.807) is 32.2 Å². The average Bonchev–Trinajstić information content (AvgIpc) is 3.28. The first kappa shape index (κ1) is 26.0. The molecule has 0 amide bonds. The Kier molecular flexibility index (Phi) is 9.19. The fraction of sp³-hybridized carbons (Fsp3) is 0.680. The average molecular weight is 479 g/mol. The van der Waals surface area contributed by atoms with Gasteiger partial charge in [-0.1, -0.05) is 31.6 Å². The lowest BCUT2D eigenvalue weighted by molar-refractivity contribution is 0.0712. The Labute approximate surface area is 199 Å². The summed E-state index contributed by atoms with van der Waals surface area (Å²) in [4.78, 5) is 2.44. The Hall–Kier alpha value is -1.63. The van der Waals surface area contributed by atoms with Crippen LogP contribution in [-0.4, -0.2) is 81.9 Å². The van der Waals surface area contributed by atoms with Gasteiger partial charge in [-0.05, 0) is 50.9 Å². The molecule has 184 valence electrons. The zero-order chi connectivity index (χ0) is 24.0. The quantitative estimate of drug-likeness (QED) is 0.607. The smallest absolute Gasteiger partial charge is 0.247 e. The van der Waals surface area contributed by atoms with Crippen LogP contribution in [0.5, 0.6) is 5.75 Å². The fourth-order valence-corrected chi connectivity index (χ4v) is 6.57. The number of rotatable bonds is 7. The molecule has 1 saturated carbocycles. The lowest BCUT2D eigenvalue weighted by Crippen LogP contribution is -2.49. The second-order valence-electron chi connectivity index (χ2n) is 9.51. The standard InChI is InChI=1S/C25H38N2O5S/c1-19-15-27(20(2)18-28)33(29,30)25-12-11-21(10-7-13-31-4)14-23(25)32-24(19)17-26(3)16-22-8-5-6-9-22/h11-12,14,19-20,22,24,28H,5-6,8-9,13,15-18H2,1-4H3/t19-,20+,24+/m1/s1. The maximum absolute atomic E-state index is 13.5. The predicted molar refractivity (Wildman–Crippen MR) is 129 cm³/mol. The van der Waals surface area contributed by atoms with Crippen molar-refractivity contribution in [1.29, 1.82) is 0 Å². The van der Waals surface area contributed by atoms with Crippen molar-refractivity contribution in [3.05, 3.63) is 23.8 Å². The Morgan fingerprint density at radius 2 is 2.03 bits per heavy atom. The van der Waals surface area contributed by atoms with Gasteiger partial charge in [0, 0.05) is 44.3 Å². The van der Waals surface area contributed by atoms with E-state index < -0.39 is 16.1 Å². The lowest BCUT2D eigenvalue weighted by atomic mass is 10.0. The van der Waals surface area contributed by atoms with Crippen molar-refractivity contribution in [1.82, 2.24) is 9.21 Å². The highest BCUT2D eigenvalue weighted by Crippen LogP contribution is 2.34. The molecule has 1 heterocycles. The van der Waals surface area contributed by atoms with E-state index in [0.717, 1.165) is 12.5 Å². The van der Waals surface area contributed by atoms with Crippen LogP contribution < -0.4 is 4.74 Å². The van der Waals surface area contributed by atoms with Crippen LogP contribution in [0.1, 0.15) is 45.1 Å². The van der Waals surface area contributed by atoms with Crippen LogP contribution >= 0.6 is 0 Å². The monoisotopic (exact) mass is 478 g/mol. The minimum absolute atomic E-state index is 0.0591. The second-order valence-corrected chi connectivity index (χ2v) is 11.4. The molecule has 0 saturated heterocycles. The lowest BCUT2D eigenvalue weighted by Gasteiger charge is -2.37. The van der Waals surface area contributed by atoms with Gasteiger partial charge in [0.15, 0.2) is 0 Å². The zero-order valence-corrected chi connectivity index (χ0v) is 21.1. The Bertz CT molecular complexity index is 949. The molecule has 0 unspecified atom stereocenters. The summed E-state index contributed by atoms with van der Waals surface area (Å²) in [6.45, 7) is 5.83. The number of fused-ring (bicyclic) bond motifs is 1. The van der Waals surface area contributed by atoms with Crippen LogP contribution in [0.3, 0.4) is 0 Å². The number of methoxy groups -OCH3 is 1. The van der Waals surface area contributed by atoms with E-state index in [1.165, 1.54) is 30.0 Å². The van der Waals surface area contributed by atoms with Crippen molar-refractivity contribution in [2.75, 3.05) is 47.0 Å². The number of aliphatic hydroxyl groups is 1. The van der Waals surface area contributed by atoms with Crippen molar-refractivity contribution in [3.63, 3.8) is 0 Å². The molecule has 1 aliphatic heterocycles. The van der Waals surface area contributed by atoms with Gasteiger partial charge in [0.05, 0.1) is 6.61 Å². The van der Waals surface area contributed by atoms with Gasteiger partial charge in [-0.25, -0.2) is 8.42 Å². The molecular formula is C25H38N2O5S. The van der Waals surface area contributed by atoms with E-state index in [-0.39, 0.29) is 23.5 Å². The molecular weight excluding hydrogens is 440 g/mol. The number of aliphatic hydroxyl groups excluding tert-OH is 1. The van der Waals surface area contributed by atoms with Gasteiger partial charge in [0.25, 0.3) is 0 Å². The van der Waals surface area contributed by atoms with E-state index in [9.17, 15) is 13.5 Å². The Morgan fingerprint density at radius 1 is 1.30 bits per heavy atom. The zero-order valence-electron chi connectivity index (χ0n) is 20.3. The van der Waals surface area contributed by atoms with Gasteiger partial charge in [0.1, 0.15) is 23.4 Å². The third kappa shape index (κ3) is 6.49. The first-order chi connectivity index (χ1) is 15.8. The highest BCUT2D eigenvalue weighted by Gasteiger charge is 2.38. The molecule has 1 aliphatic carbocycles. The van der Waals surface area contributed by atoms with E-state index >= 15 is 0 Å². The maximum atomic E-state index is 13.5. The van der Waals surface area contributed by atoms with Crippen LogP contribution in [0.2, 0.25) is 0 Å². The third-order valence-electron chi connectivity index (χ3n) is 6.65. The maximum Gasteiger partial charge on any atom is 0.247 e. The Balaban J connectivity index is 1.94. The second kappa shape index (κ2) is 11.7. The normalized spacial score (nSPS) is 24.3. The van der Waals surface area contributed by atoms with E-state index in [2.05, 4.69) is 23.8 Å². The van der Waals surface area contributed by atoms with Crippen molar-refractivity contribution >= 4 is 10.0 Å². The first-order valence-corrected chi connectivity index (χ1v) is 13.3. The van der Waals surface area contributed by atoms with Crippen molar-refractivity contribution in [2.45, 2.75) is 56.6 Å². The molecule has 1 aromatic rings. The minimum atomic E-state index is -3.84. The number of hydrogen-bond acceptors (Lipinski definition) is 6. The SMILES string of the molecule is COCC#Cc1ccc2c(c1)O[C@@H](CN(C)CC1CCCC1)[C@H](C)CN([C@@H](C)CO)S2(=O)=O. The fourth-order valence-electron chi connectivity index (χ4n) is 4.75. The van der Waals surface area contributed by atoms with Crippen LogP contribution in [-0.2, 0) is 14.8 Å². The van der Waals surface area contributed by atoms with Gasteiger partial charge in [-0.2, -0.15) is 4.31 Å². The summed E-state index contributed by atoms with van der Waals surface area (Å²) in [5, 5.41) is 9.78. The molecule has 1 N–H and O–H groups in total. The summed E-state index contributed by atoms with van der Waals surface area (Å²) in [6, 6.07) is 4.44. The van der Waals surface area contributed by atoms with Crippen LogP contribution in [0.15, 0.2) is 23.1 Å². The summed E-state index contributed by atoms with van der Waals surface area (Å²) in [5.74, 6) is 6.89. The third-order valence-corrected chi connectivity index (χ3v) is 8.67. The molecule has 0 radical (unpaired) electrons. The topological polar surface area (TPSA) is 79.3 Å². The van der Waals surface area contributed by atoms with Gasteiger partial charge in [-0.3, -0.25) is 0 Å². The van der Waals surface area contributed by atoms with Crippen LogP contribution in [0.4, 0.5) is 0 Å². The highest BCUT2D eigenvalue weighted by atomic mass is 32.2. The predicted octanol–water partition coefficient (Wildman–Crippen LogP) is 2.58. The number of likely N-dealkylation sites (N-methyl/N-ethyl adjacent to an activating group) is 1. The number of hydrogen-bond donors (Lipinski definition) is 1. The molecule has 33 heavy (non-hydrogen) atoms. The number of nitrogens with zero attached hydrogens (tertiary/aromatic N) is 2. The summed E-state index contributed by atoms with van der Waals surface area (Å²) >= 11 is 0. The van der Waals surface area contributed by atoms with Gasteiger partial charge in [-0.15, -0.1) is 0 Å². The van der Waals surface area contributed by atoms with Crippen molar-refractivity contribution in [2.24, 2.45) is 11.8 Å². The number of sulfonamides is 1. The molecule has 3 atom stereocenters. The molecule has 0 spiro atoms. The number of benzene rings is 1. The summed E-state index contributed by atoms with van der Waals surface area (Å²) < 4.78 is 39.9. The van der Waals surface area contributed by atoms with Crippen molar-refractivity contribution in [3.8, 4) is 17.6 Å². The molecule has 2 aliphatic rings. The van der Waals surface area contributed by atoms with E-state index in [4.69, 9.17) is 9.47 Å². The molecule has 1 fully saturated rings. The molecule has 1 aromatic carbocycles. The van der Waals surface area contributed by atoms with E-state index in [0.29, 0.717) is 31.0 Å². The molecule has 3 rings (SSSR count). The van der Waals surface area contributed by atoms with Gasteiger partial charge in [0.2, 0.25) is 10.0 Å². The summed E-state index contributed by atoms with van der Waals surface area (Å²) in [5.41, 5.74) is 0.675. The van der Waals surface area contributed by atoms with Crippen molar-refractivity contribution < 1.29 is 23.0 Å². The number of ether oxygens (including phenoxy) is 2. The molecule has 7 nitrogen and oxygen atoms in total. The summed E-state index contributed by atoms with van der Waals surface area (Å²) in [7, 11) is -0.142. The van der Waals surface area contributed by atoms with Crippen LogP contribution in [0, 0.1) is 23.7 Å². The first-order valence-electron chi connectivity index (χ1n) is 11.9. The largest absolute Gasteiger partial charge is 0.487 e. The van der Waals surface area contributed by atoms with Gasteiger partial charge >= 0.3 is 0 Å².